The van der Waals surface area contributed by atoms with Gasteiger partial charge in [0.05, 0.1) is 16.9 Å². The van der Waals surface area contributed by atoms with E-state index in [-0.39, 0.29) is 5.92 Å². The van der Waals surface area contributed by atoms with Crippen molar-refractivity contribution in [3.8, 4) is 11.3 Å². The molecule has 196 valence electrons. The van der Waals surface area contributed by atoms with Crippen LogP contribution in [0.4, 0.5) is 5.69 Å². The first-order chi connectivity index (χ1) is 18.0. The fraction of sp³-hybridized carbons (Fsp3) is 0.567. The lowest BCUT2D eigenvalue weighted by Gasteiger charge is -2.40. The van der Waals surface area contributed by atoms with Gasteiger partial charge in [-0.2, -0.15) is 5.10 Å². The zero-order valence-electron chi connectivity index (χ0n) is 22.5. The molecular formula is C30H40N6O. The molecule has 0 unspecified atom stereocenters. The molecule has 37 heavy (non-hydrogen) atoms. The van der Waals surface area contributed by atoms with Gasteiger partial charge in [-0.1, -0.05) is 13.0 Å². The predicted octanol–water partition coefficient (Wildman–Crippen LogP) is 4.68. The number of fused-ring (bicyclic) bond motifs is 1. The smallest absolute Gasteiger partial charge is 0.225 e. The van der Waals surface area contributed by atoms with E-state index in [1.807, 2.05) is 10.7 Å². The van der Waals surface area contributed by atoms with Gasteiger partial charge < -0.3 is 14.7 Å². The van der Waals surface area contributed by atoms with Crippen LogP contribution in [-0.2, 0) is 4.79 Å². The van der Waals surface area contributed by atoms with Crippen molar-refractivity contribution < 1.29 is 4.79 Å². The van der Waals surface area contributed by atoms with Crippen molar-refractivity contribution in [1.82, 2.24) is 24.4 Å². The number of likely N-dealkylation sites (tertiary alicyclic amines) is 1. The first kappa shape index (κ1) is 24.4. The van der Waals surface area contributed by atoms with Crippen LogP contribution >= 0.6 is 0 Å². The van der Waals surface area contributed by atoms with Gasteiger partial charge in [-0.25, -0.2) is 4.52 Å². The van der Waals surface area contributed by atoms with Crippen molar-refractivity contribution >= 4 is 17.1 Å². The Balaban J connectivity index is 1.15. The number of rotatable bonds is 5. The Morgan fingerprint density at radius 3 is 2.57 bits per heavy atom. The third-order valence-corrected chi connectivity index (χ3v) is 8.88. The van der Waals surface area contributed by atoms with Crippen molar-refractivity contribution in [3.63, 3.8) is 0 Å². The van der Waals surface area contributed by atoms with Gasteiger partial charge in [0.25, 0.3) is 0 Å². The van der Waals surface area contributed by atoms with Crippen LogP contribution in [-0.4, -0.2) is 75.6 Å². The zero-order valence-corrected chi connectivity index (χ0v) is 22.5. The summed E-state index contributed by atoms with van der Waals surface area (Å²) in [6.45, 7) is 12.5. The number of aromatic nitrogens is 3. The van der Waals surface area contributed by atoms with Crippen LogP contribution in [0.25, 0.3) is 16.8 Å². The predicted molar refractivity (Wildman–Crippen MR) is 148 cm³/mol. The number of anilines is 1. The molecule has 3 aliphatic rings. The van der Waals surface area contributed by atoms with Crippen LogP contribution in [0.2, 0.25) is 0 Å². The summed E-state index contributed by atoms with van der Waals surface area (Å²) in [6.07, 6.45) is 10.7. The fourth-order valence-corrected chi connectivity index (χ4v) is 6.50. The molecule has 5 heterocycles. The topological polar surface area (TPSA) is 57.0 Å². The van der Waals surface area contributed by atoms with Crippen molar-refractivity contribution in [3.05, 3.63) is 48.4 Å². The standard InChI is InChI=1S/C30H40N6O/c1-21(2)35-10-4-5-24(19-35)23-6-7-27(31-18-23)26-17-29-28(8-9-32-36(29)20-26)33-11-13-34(14-12-33)30(37)25-15-22(3)16-25/h6-9,17-18,20-22,24-25H,4-5,10-16,19H2,1-3H3/t22-,24-,25-/m1/s1. The van der Waals surface area contributed by atoms with Gasteiger partial charge in [-0.15, -0.1) is 0 Å². The molecule has 1 atom stereocenters. The summed E-state index contributed by atoms with van der Waals surface area (Å²) in [4.78, 5) is 24.7. The highest BCUT2D eigenvalue weighted by Gasteiger charge is 2.35. The second-order valence-corrected chi connectivity index (χ2v) is 11.8. The first-order valence-corrected chi connectivity index (χ1v) is 14.2. The maximum Gasteiger partial charge on any atom is 0.225 e. The van der Waals surface area contributed by atoms with E-state index in [2.05, 4.69) is 77.2 Å². The number of carbonyl (C=O) groups excluding carboxylic acids is 1. The normalized spacial score (nSPS) is 25.0. The van der Waals surface area contributed by atoms with E-state index in [9.17, 15) is 4.79 Å². The van der Waals surface area contributed by atoms with E-state index in [0.717, 1.165) is 62.3 Å². The van der Waals surface area contributed by atoms with Crippen molar-refractivity contribution in [2.24, 2.45) is 11.8 Å². The first-order valence-electron chi connectivity index (χ1n) is 14.2. The number of piperazine rings is 1. The molecule has 3 aromatic heterocycles. The summed E-state index contributed by atoms with van der Waals surface area (Å²) in [5.41, 5.74) is 5.70. The van der Waals surface area contributed by atoms with E-state index in [1.165, 1.54) is 30.6 Å². The Bertz CT molecular complexity index is 1240. The van der Waals surface area contributed by atoms with E-state index < -0.39 is 0 Å². The highest BCUT2D eigenvalue weighted by atomic mass is 16.2. The number of nitrogens with zero attached hydrogens (tertiary/aromatic N) is 6. The Hall–Kier alpha value is -2.93. The molecular weight excluding hydrogens is 460 g/mol. The molecule has 2 aliphatic heterocycles. The molecule has 2 saturated heterocycles. The molecule has 0 radical (unpaired) electrons. The van der Waals surface area contributed by atoms with E-state index >= 15 is 0 Å². The number of pyridine rings is 1. The third kappa shape index (κ3) is 4.86. The lowest BCUT2D eigenvalue weighted by Crippen LogP contribution is -2.52. The lowest BCUT2D eigenvalue weighted by molar-refractivity contribution is -0.140. The number of hydrogen-bond acceptors (Lipinski definition) is 5. The van der Waals surface area contributed by atoms with Crippen LogP contribution in [0, 0.1) is 11.8 Å². The highest BCUT2D eigenvalue weighted by Crippen LogP contribution is 2.35. The molecule has 0 bridgehead atoms. The summed E-state index contributed by atoms with van der Waals surface area (Å²) < 4.78 is 1.97. The van der Waals surface area contributed by atoms with Gasteiger partial charge in [0.2, 0.25) is 5.91 Å². The van der Waals surface area contributed by atoms with Gasteiger partial charge in [0, 0.05) is 68.8 Å². The summed E-state index contributed by atoms with van der Waals surface area (Å²) in [5, 5.41) is 4.58. The molecule has 3 fully saturated rings. The molecule has 6 rings (SSSR count). The molecule has 3 aromatic rings. The van der Waals surface area contributed by atoms with Gasteiger partial charge in [0.1, 0.15) is 0 Å². The Morgan fingerprint density at radius 2 is 1.86 bits per heavy atom. The lowest BCUT2D eigenvalue weighted by atomic mass is 9.75. The van der Waals surface area contributed by atoms with Gasteiger partial charge >= 0.3 is 0 Å². The fourth-order valence-electron chi connectivity index (χ4n) is 6.50. The quantitative estimate of drug-likeness (QED) is 0.509. The summed E-state index contributed by atoms with van der Waals surface area (Å²) in [6, 6.07) is 9.35. The molecule has 0 spiro atoms. The monoisotopic (exact) mass is 500 g/mol. The van der Waals surface area contributed by atoms with Crippen LogP contribution in [0.3, 0.4) is 0 Å². The second-order valence-electron chi connectivity index (χ2n) is 11.8. The van der Waals surface area contributed by atoms with E-state index in [4.69, 9.17) is 4.98 Å². The van der Waals surface area contributed by atoms with Crippen LogP contribution in [0.1, 0.15) is 57.9 Å². The molecule has 7 heteroatoms. The number of piperidine rings is 1. The number of carbonyl (C=O) groups is 1. The van der Waals surface area contributed by atoms with Gasteiger partial charge in [-0.3, -0.25) is 9.78 Å². The second kappa shape index (κ2) is 10.1. The van der Waals surface area contributed by atoms with Crippen LogP contribution < -0.4 is 4.90 Å². The number of hydrogen-bond donors (Lipinski definition) is 0. The van der Waals surface area contributed by atoms with Crippen molar-refractivity contribution in [1.29, 1.82) is 0 Å². The average Bonchev–Trinajstić information content (AvgIpc) is 3.36. The van der Waals surface area contributed by atoms with Gasteiger partial charge in [-0.05, 0) is 81.7 Å². The molecule has 1 aliphatic carbocycles. The Labute approximate surface area is 220 Å². The van der Waals surface area contributed by atoms with E-state index in [0.29, 0.717) is 23.8 Å². The summed E-state index contributed by atoms with van der Waals surface area (Å²) in [7, 11) is 0. The molecule has 0 aromatic carbocycles. The highest BCUT2D eigenvalue weighted by molar-refractivity contribution is 5.81. The van der Waals surface area contributed by atoms with Crippen molar-refractivity contribution in [2.45, 2.75) is 58.4 Å². The summed E-state index contributed by atoms with van der Waals surface area (Å²) >= 11 is 0. The maximum atomic E-state index is 12.8. The Kier molecular flexibility index (Phi) is 6.65. The van der Waals surface area contributed by atoms with Crippen molar-refractivity contribution in [2.75, 3.05) is 44.2 Å². The molecule has 0 N–H and O–H groups in total. The van der Waals surface area contributed by atoms with E-state index in [1.54, 1.807) is 0 Å². The van der Waals surface area contributed by atoms with Gasteiger partial charge in [0.15, 0.2) is 0 Å². The van der Waals surface area contributed by atoms with Crippen LogP contribution in [0.5, 0.6) is 0 Å². The van der Waals surface area contributed by atoms with Crippen LogP contribution in [0.15, 0.2) is 42.9 Å². The minimum Gasteiger partial charge on any atom is -0.366 e. The molecule has 1 saturated carbocycles. The minimum atomic E-state index is 0.258. The molecule has 7 nitrogen and oxygen atoms in total. The number of amides is 1. The third-order valence-electron chi connectivity index (χ3n) is 8.88. The average molecular weight is 501 g/mol. The summed E-state index contributed by atoms with van der Waals surface area (Å²) in [5.74, 6) is 1.89. The largest absolute Gasteiger partial charge is 0.366 e. The Morgan fingerprint density at radius 1 is 1.05 bits per heavy atom. The molecule has 1 amide bonds. The SMILES string of the molecule is CC(C)N1CCC[C@@H](c2ccc(-c3cc4c(N5CCN(C(=O)[C@H]6C[C@H](C)C6)CC5)ccnn4c3)nc2)C1. The maximum absolute atomic E-state index is 12.8. The zero-order chi connectivity index (χ0) is 25.5. The minimum absolute atomic E-state index is 0.258.